The molecule has 0 radical (unpaired) electrons. The summed E-state index contributed by atoms with van der Waals surface area (Å²) in [5, 5.41) is 0. The van der Waals surface area contributed by atoms with Crippen molar-refractivity contribution < 1.29 is 9.57 Å². The summed E-state index contributed by atoms with van der Waals surface area (Å²) < 4.78 is 5.68. The van der Waals surface area contributed by atoms with Gasteiger partial charge >= 0.3 is 0 Å². The Balaban J connectivity index is 2.15. The van der Waals surface area contributed by atoms with Crippen molar-refractivity contribution in [1.82, 2.24) is 5.48 Å². The Labute approximate surface area is 83.0 Å². The molecule has 0 amide bonds. The van der Waals surface area contributed by atoms with Gasteiger partial charge < -0.3 is 9.57 Å². The fraction of sp³-hybridized carbons (Fsp3) is 0.455. The first-order valence-electron chi connectivity index (χ1n) is 4.92. The van der Waals surface area contributed by atoms with Crippen LogP contribution in [0.5, 0.6) is 5.75 Å². The first-order chi connectivity index (χ1) is 6.81. The van der Waals surface area contributed by atoms with Crippen LogP contribution in [0.4, 0.5) is 0 Å². The first-order valence-corrected chi connectivity index (χ1v) is 4.92. The lowest BCUT2D eigenvalue weighted by atomic mass is 9.80. The molecule has 1 fully saturated rings. The molecule has 3 heteroatoms. The third kappa shape index (κ3) is 0.938. The predicted octanol–water partition coefficient (Wildman–Crippen LogP) is 1.45. The molecule has 0 spiro atoms. The fourth-order valence-corrected chi connectivity index (χ4v) is 2.24. The van der Waals surface area contributed by atoms with Crippen LogP contribution in [-0.4, -0.2) is 13.2 Å². The molecule has 1 saturated heterocycles. The van der Waals surface area contributed by atoms with Gasteiger partial charge in [-0.25, -0.2) is 0 Å². The maximum Gasteiger partial charge on any atom is 0.124 e. The maximum atomic E-state index is 5.68. The van der Waals surface area contributed by atoms with E-state index in [1.54, 1.807) is 0 Å². The van der Waals surface area contributed by atoms with Crippen molar-refractivity contribution in [3.63, 3.8) is 0 Å². The van der Waals surface area contributed by atoms with Crippen LogP contribution in [0.15, 0.2) is 24.3 Å². The van der Waals surface area contributed by atoms with E-state index in [0.29, 0.717) is 5.92 Å². The minimum Gasteiger partial charge on any atom is -0.493 e. The Kier molecular flexibility index (Phi) is 1.60. The van der Waals surface area contributed by atoms with Crippen LogP contribution in [0.1, 0.15) is 12.5 Å². The second-order valence-electron chi connectivity index (χ2n) is 4.12. The average Bonchev–Trinajstić information content (AvgIpc) is 2.60. The number of para-hydroxylation sites is 1. The average molecular weight is 191 g/mol. The summed E-state index contributed by atoms with van der Waals surface area (Å²) in [7, 11) is 0. The molecule has 1 aromatic rings. The zero-order chi connectivity index (χ0) is 9.60. The van der Waals surface area contributed by atoms with Crippen molar-refractivity contribution >= 4 is 0 Å². The molecule has 2 aliphatic rings. The van der Waals surface area contributed by atoms with Gasteiger partial charge in [-0.3, -0.25) is 0 Å². The Hall–Kier alpha value is -1.06. The summed E-state index contributed by atoms with van der Waals surface area (Å²) >= 11 is 0. The van der Waals surface area contributed by atoms with Gasteiger partial charge in [-0.2, -0.15) is 5.48 Å². The summed E-state index contributed by atoms with van der Waals surface area (Å²) in [5.74, 6) is 1.39. The normalized spacial score (nSPS) is 34.5. The second kappa shape index (κ2) is 2.72. The molecule has 2 heterocycles. The molecule has 3 rings (SSSR count). The van der Waals surface area contributed by atoms with Crippen LogP contribution in [-0.2, 0) is 10.4 Å². The van der Waals surface area contributed by atoms with Crippen molar-refractivity contribution in [1.29, 1.82) is 0 Å². The van der Waals surface area contributed by atoms with Gasteiger partial charge in [-0.1, -0.05) is 18.2 Å². The van der Waals surface area contributed by atoms with Gasteiger partial charge in [0.1, 0.15) is 5.75 Å². The topological polar surface area (TPSA) is 30.5 Å². The standard InChI is InChI=1S/C11H13NO2/c1-11-8(7-14-12-11)6-13-10-5-3-2-4-9(10)11/h2-5,8,12H,6-7H2,1H3/t8-,11+/m0/s1. The number of hydrogen-bond donors (Lipinski definition) is 1. The van der Waals surface area contributed by atoms with Crippen LogP contribution < -0.4 is 10.2 Å². The summed E-state index contributed by atoms with van der Waals surface area (Å²) in [6.07, 6.45) is 0. The molecule has 74 valence electrons. The van der Waals surface area contributed by atoms with Crippen molar-refractivity contribution in [2.75, 3.05) is 13.2 Å². The van der Waals surface area contributed by atoms with Gasteiger partial charge in [-0.05, 0) is 13.0 Å². The lowest BCUT2D eigenvalue weighted by Crippen LogP contribution is -2.44. The zero-order valence-corrected chi connectivity index (χ0v) is 8.12. The van der Waals surface area contributed by atoms with Crippen LogP contribution in [0.25, 0.3) is 0 Å². The number of fused-ring (bicyclic) bond motifs is 3. The van der Waals surface area contributed by atoms with E-state index >= 15 is 0 Å². The monoisotopic (exact) mass is 191 g/mol. The maximum absolute atomic E-state index is 5.68. The zero-order valence-electron chi connectivity index (χ0n) is 8.12. The highest BCUT2D eigenvalue weighted by Gasteiger charge is 2.46. The minimum absolute atomic E-state index is 0.0746. The Morgan fingerprint density at radius 1 is 1.36 bits per heavy atom. The van der Waals surface area contributed by atoms with Crippen LogP contribution in [0.3, 0.4) is 0 Å². The summed E-state index contributed by atoms with van der Waals surface area (Å²) in [4.78, 5) is 5.32. The molecule has 2 atom stereocenters. The van der Waals surface area contributed by atoms with E-state index in [-0.39, 0.29) is 5.54 Å². The van der Waals surface area contributed by atoms with E-state index < -0.39 is 0 Å². The molecule has 2 aliphatic heterocycles. The molecule has 1 N–H and O–H groups in total. The lowest BCUT2D eigenvalue weighted by molar-refractivity contribution is 0.0642. The van der Waals surface area contributed by atoms with E-state index in [4.69, 9.17) is 9.57 Å². The Morgan fingerprint density at radius 3 is 3.14 bits per heavy atom. The van der Waals surface area contributed by atoms with Crippen LogP contribution in [0, 0.1) is 5.92 Å². The molecule has 0 aromatic heterocycles. The van der Waals surface area contributed by atoms with Gasteiger partial charge in [-0.15, -0.1) is 0 Å². The van der Waals surface area contributed by atoms with E-state index in [0.717, 1.165) is 19.0 Å². The molecule has 3 nitrogen and oxygen atoms in total. The number of hydroxylamine groups is 1. The third-order valence-corrected chi connectivity index (χ3v) is 3.27. The third-order valence-electron chi connectivity index (χ3n) is 3.27. The number of rotatable bonds is 0. The van der Waals surface area contributed by atoms with Gasteiger partial charge in [0.05, 0.1) is 18.8 Å². The lowest BCUT2D eigenvalue weighted by Gasteiger charge is -2.35. The molecular formula is C11H13NO2. The van der Waals surface area contributed by atoms with E-state index in [1.807, 2.05) is 18.2 Å². The molecular weight excluding hydrogens is 178 g/mol. The molecule has 0 saturated carbocycles. The van der Waals surface area contributed by atoms with Crippen molar-refractivity contribution in [2.24, 2.45) is 5.92 Å². The minimum atomic E-state index is -0.0746. The summed E-state index contributed by atoms with van der Waals surface area (Å²) in [6.45, 7) is 3.64. The quantitative estimate of drug-likeness (QED) is 0.673. The Morgan fingerprint density at radius 2 is 2.21 bits per heavy atom. The smallest absolute Gasteiger partial charge is 0.124 e. The SMILES string of the molecule is C[C@@]12NOC[C@@H]1COc1ccccc12. The van der Waals surface area contributed by atoms with Gasteiger partial charge in [0.2, 0.25) is 0 Å². The van der Waals surface area contributed by atoms with Crippen LogP contribution >= 0.6 is 0 Å². The summed E-state index contributed by atoms with van der Waals surface area (Å²) in [5.41, 5.74) is 4.24. The Bertz CT molecular complexity index is 366. The number of benzene rings is 1. The predicted molar refractivity (Wildman–Crippen MR) is 51.9 cm³/mol. The van der Waals surface area contributed by atoms with Crippen molar-refractivity contribution in [3.05, 3.63) is 29.8 Å². The molecule has 0 aliphatic carbocycles. The van der Waals surface area contributed by atoms with E-state index in [9.17, 15) is 0 Å². The number of nitrogens with one attached hydrogen (secondary N) is 1. The second-order valence-corrected chi connectivity index (χ2v) is 4.12. The molecule has 0 unspecified atom stereocenters. The fourth-order valence-electron chi connectivity index (χ4n) is 2.24. The van der Waals surface area contributed by atoms with Crippen LogP contribution in [0.2, 0.25) is 0 Å². The molecule has 14 heavy (non-hydrogen) atoms. The van der Waals surface area contributed by atoms with Gasteiger partial charge in [0.25, 0.3) is 0 Å². The van der Waals surface area contributed by atoms with E-state index in [1.165, 1.54) is 5.56 Å². The molecule has 1 aromatic carbocycles. The van der Waals surface area contributed by atoms with Gasteiger partial charge in [0.15, 0.2) is 0 Å². The van der Waals surface area contributed by atoms with Crippen molar-refractivity contribution in [3.8, 4) is 5.75 Å². The van der Waals surface area contributed by atoms with E-state index in [2.05, 4.69) is 18.5 Å². The number of hydrogen-bond acceptors (Lipinski definition) is 3. The largest absolute Gasteiger partial charge is 0.493 e. The molecule has 0 bridgehead atoms. The highest BCUT2D eigenvalue weighted by atomic mass is 16.7. The van der Waals surface area contributed by atoms with Crippen molar-refractivity contribution in [2.45, 2.75) is 12.5 Å². The summed E-state index contributed by atoms with van der Waals surface area (Å²) in [6, 6.07) is 8.15. The highest BCUT2D eigenvalue weighted by molar-refractivity contribution is 5.41. The number of ether oxygens (including phenoxy) is 1. The highest BCUT2D eigenvalue weighted by Crippen LogP contribution is 2.42. The van der Waals surface area contributed by atoms with Gasteiger partial charge in [0, 0.05) is 11.5 Å². The first kappa shape index (κ1) is 8.26.